The molecule has 7 heteroatoms. The Bertz CT molecular complexity index is 882. The average Bonchev–Trinajstić information content (AvgIpc) is 3.29. The van der Waals surface area contributed by atoms with Gasteiger partial charge >= 0.3 is 0 Å². The van der Waals surface area contributed by atoms with Crippen molar-refractivity contribution in [3.63, 3.8) is 0 Å². The van der Waals surface area contributed by atoms with Crippen molar-refractivity contribution in [3.8, 4) is 0 Å². The minimum atomic E-state index is 0.0246. The Kier molecular flexibility index (Phi) is 4.21. The number of aromatic nitrogens is 5. The van der Waals surface area contributed by atoms with Crippen molar-refractivity contribution in [3.05, 3.63) is 48.6 Å². The van der Waals surface area contributed by atoms with Crippen LogP contribution in [0.3, 0.4) is 0 Å². The number of carbonyl (C=O) groups excluding carboxylic acids is 1. The highest BCUT2D eigenvalue weighted by atomic mass is 16.2. The lowest BCUT2D eigenvalue weighted by molar-refractivity contribution is -0.135. The van der Waals surface area contributed by atoms with Crippen molar-refractivity contribution < 1.29 is 4.79 Å². The Hall–Kier alpha value is -2.70. The van der Waals surface area contributed by atoms with E-state index < -0.39 is 0 Å². The fraction of sp³-hybridized carbons (Fsp3) is 0.444. The number of likely N-dealkylation sites (tertiary alicyclic amines) is 1. The van der Waals surface area contributed by atoms with Crippen LogP contribution in [0.4, 0.5) is 0 Å². The lowest BCUT2D eigenvalue weighted by Crippen LogP contribution is -2.40. The number of aryl methyl sites for hydroxylation is 1. The number of imidazole rings is 2. The molecule has 0 radical (unpaired) electrons. The van der Waals surface area contributed by atoms with E-state index in [1.54, 1.807) is 12.4 Å². The first-order valence-corrected chi connectivity index (χ1v) is 8.85. The molecule has 7 nitrogen and oxygen atoms in total. The second kappa shape index (κ2) is 6.66. The molecule has 1 saturated heterocycles. The lowest BCUT2D eigenvalue weighted by atomic mass is 9.99. The van der Waals surface area contributed by atoms with Crippen LogP contribution >= 0.6 is 0 Å². The number of nitrogens with zero attached hydrogens (tertiary/aromatic N) is 6. The monoisotopic (exact) mass is 338 g/mol. The smallest absolute Gasteiger partial charge is 0.243 e. The third-order valence-corrected chi connectivity index (χ3v) is 4.87. The summed E-state index contributed by atoms with van der Waals surface area (Å²) in [4.78, 5) is 28.2. The largest absolute Gasteiger partial charge is 0.333 e. The number of carbonyl (C=O) groups is 1. The molecule has 0 aromatic carbocycles. The second-order valence-corrected chi connectivity index (χ2v) is 6.41. The van der Waals surface area contributed by atoms with Crippen molar-refractivity contribution in [1.29, 1.82) is 0 Å². The summed E-state index contributed by atoms with van der Waals surface area (Å²) in [6, 6.07) is 2.02. The molecule has 0 bridgehead atoms. The Labute approximate surface area is 146 Å². The van der Waals surface area contributed by atoms with Gasteiger partial charge in [0, 0.05) is 43.9 Å². The Morgan fingerprint density at radius 1 is 1.20 bits per heavy atom. The third kappa shape index (κ3) is 3.01. The molecule has 1 fully saturated rings. The van der Waals surface area contributed by atoms with Crippen molar-refractivity contribution in [2.75, 3.05) is 6.54 Å². The van der Waals surface area contributed by atoms with E-state index in [-0.39, 0.29) is 11.9 Å². The Morgan fingerprint density at radius 3 is 2.96 bits per heavy atom. The first-order chi connectivity index (χ1) is 12.3. The standard InChI is InChI=1S/C18H22N6O/c1-2-16-19-7-12-23(16)13-17(25)24-9-4-3-5-15(24)14-6-10-22-11-8-20-18(22)21-14/h6-8,10-12,15H,2-5,9,13H2,1H3/t15-/m0/s1. The minimum absolute atomic E-state index is 0.0246. The van der Waals surface area contributed by atoms with Gasteiger partial charge in [0.05, 0.1) is 11.7 Å². The Balaban J connectivity index is 1.58. The molecule has 0 saturated carbocycles. The van der Waals surface area contributed by atoms with Crippen LogP contribution in [0.5, 0.6) is 0 Å². The number of piperidine rings is 1. The summed E-state index contributed by atoms with van der Waals surface area (Å²) in [7, 11) is 0. The molecule has 1 aliphatic heterocycles. The zero-order valence-electron chi connectivity index (χ0n) is 14.4. The van der Waals surface area contributed by atoms with Gasteiger partial charge in [-0.1, -0.05) is 6.92 Å². The normalized spacial score (nSPS) is 18.0. The molecule has 3 aromatic rings. The fourth-order valence-corrected chi connectivity index (χ4v) is 3.58. The summed E-state index contributed by atoms with van der Waals surface area (Å²) in [5.41, 5.74) is 0.924. The van der Waals surface area contributed by atoms with E-state index in [0.717, 1.165) is 43.7 Å². The quantitative estimate of drug-likeness (QED) is 0.732. The molecule has 0 unspecified atom stereocenters. The average molecular weight is 338 g/mol. The first kappa shape index (κ1) is 15.8. The number of rotatable bonds is 4. The van der Waals surface area contributed by atoms with Crippen LogP contribution in [0, 0.1) is 0 Å². The highest BCUT2D eigenvalue weighted by Gasteiger charge is 2.29. The maximum atomic E-state index is 13.0. The van der Waals surface area contributed by atoms with Crippen LogP contribution in [0.25, 0.3) is 5.78 Å². The van der Waals surface area contributed by atoms with Crippen LogP contribution < -0.4 is 0 Å². The van der Waals surface area contributed by atoms with Crippen LogP contribution in [0.1, 0.15) is 43.7 Å². The van der Waals surface area contributed by atoms with Gasteiger partial charge in [0.25, 0.3) is 0 Å². The third-order valence-electron chi connectivity index (χ3n) is 4.87. The van der Waals surface area contributed by atoms with Crippen molar-refractivity contribution in [2.45, 2.75) is 45.2 Å². The molecule has 0 N–H and O–H groups in total. The van der Waals surface area contributed by atoms with E-state index in [1.807, 2.05) is 38.5 Å². The van der Waals surface area contributed by atoms with Gasteiger partial charge < -0.3 is 9.47 Å². The van der Waals surface area contributed by atoms with Crippen LogP contribution in [-0.2, 0) is 17.8 Å². The summed E-state index contributed by atoms with van der Waals surface area (Å²) in [5, 5.41) is 0. The molecule has 130 valence electrons. The minimum Gasteiger partial charge on any atom is -0.333 e. The van der Waals surface area contributed by atoms with E-state index in [4.69, 9.17) is 0 Å². The summed E-state index contributed by atoms with van der Waals surface area (Å²) >= 11 is 0. The zero-order valence-corrected chi connectivity index (χ0v) is 14.4. The zero-order chi connectivity index (χ0) is 17.2. The predicted octanol–water partition coefficient (Wildman–Crippen LogP) is 2.24. The second-order valence-electron chi connectivity index (χ2n) is 6.41. The summed E-state index contributed by atoms with van der Waals surface area (Å²) < 4.78 is 3.83. The number of amides is 1. The topological polar surface area (TPSA) is 68.3 Å². The number of fused-ring (bicyclic) bond motifs is 1. The molecule has 3 aromatic heterocycles. The van der Waals surface area contributed by atoms with Gasteiger partial charge in [-0.2, -0.15) is 0 Å². The molecule has 1 atom stereocenters. The SMILES string of the molecule is CCc1nccn1CC(=O)N1CCCC[C@H]1c1ccn2ccnc2n1. The number of hydrogen-bond donors (Lipinski definition) is 0. The summed E-state index contributed by atoms with van der Waals surface area (Å²) in [5.74, 6) is 1.75. The van der Waals surface area contributed by atoms with E-state index in [1.165, 1.54) is 0 Å². The van der Waals surface area contributed by atoms with Gasteiger partial charge in [0.15, 0.2) is 0 Å². The van der Waals surface area contributed by atoms with Gasteiger partial charge in [-0.25, -0.2) is 15.0 Å². The maximum absolute atomic E-state index is 13.0. The highest BCUT2D eigenvalue weighted by Crippen LogP contribution is 2.30. The van der Waals surface area contributed by atoms with Crippen molar-refractivity contribution in [1.82, 2.24) is 28.8 Å². The van der Waals surface area contributed by atoms with Crippen LogP contribution in [-0.4, -0.2) is 41.3 Å². The van der Waals surface area contributed by atoms with Crippen molar-refractivity contribution >= 4 is 11.7 Å². The molecule has 25 heavy (non-hydrogen) atoms. The first-order valence-electron chi connectivity index (χ1n) is 8.85. The van der Waals surface area contributed by atoms with E-state index in [2.05, 4.69) is 21.9 Å². The van der Waals surface area contributed by atoms with Crippen LogP contribution in [0.15, 0.2) is 37.1 Å². The van der Waals surface area contributed by atoms with E-state index in [9.17, 15) is 4.79 Å². The molecule has 0 aliphatic carbocycles. The van der Waals surface area contributed by atoms with Gasteiger partial charge in [-0.15, -0.1) is 0 Å². The molecule has 4 heterocycles. The van der Waals surface area contributed by atoms with Gasteiger partial charge in [-0.05, 0) is 25.3 Å². The van der Waals surface area contributed by atoms with Crippen molar-refractivity contribution in [2.24, 2.45) is 0 Å². The lowest BCUT2D eigenvalue weighted by Gasteiger charge is -2.35. The Morgan fingerprint density at radius 2 is 2.08 bits per heavy atom. The molecule has 1 amide bonds. The van der Waals surface area contributed by atoms with Crippen LogP contribution in [0.2, 0.25) is 0 Å². The summed E-state index contributed by atoms with van der Waals surface area (Å²) in [6.07, 6.45) is 13.1. The summed E-state index contributed by atoms with van der Waals surface area (Å²) in [6.45, 7) is 3.17. The predicted molar refractivity (Wildman–Crippen MR) is 92.9 cm³/mol. The van der Waals surface area contributed by atoms with E-state index in [0.29, 0.717) is 12.3 Å². The maximum Gasteiger partial charge on any atom is 0.243 e. The molecule has 1 aliphatic rings. The number of hydrogen-bond acceptors (Lipinski definition) is 4. The highest BCUT2D eigenvalue weighted by molar-refractivity contribution is 5.76. The van der Waals surface area contributed by atoms with Gasteiger partial charge in [0.2, 0.25) is 11.7 Å². The molecular formula is C18H22N6O. The van der Waals surface area contributed by atoms with Gasteiger partial charge in [0.1, 0.15) is 12.4 Å². The molecular weight excluding hydrogens is 316 g/mol. The molecule has 0 spiro atoms. The molecule has 4 rings (SSSR count). The fourth-order valence-electron chi connectivity index (χ4n) is 3.58. The van der Waals surface area contributed by atoms with E-state index >= 15 is 0 Å². The van der Waals surface area contributed by atoms with Gasteiger partial charge in [-0.3, -0.25) is 9.20 Å².